The van der Waals surface area contributed by atoms with Crippen molar-refractivity contribution in [2.75, 3.05) is 72.8 Å². The van der Waals surface area contributed by atoms with Gasteiger partial charge in [-0.3, -0.25) is 4.90 Å². The molecule has 1 N–H and O–H groups in total. The van der Waals surface area contributed by atoms with E-state index in [2.05, 4.69) is 14.5 Å². The van der Waals surface area contributed by atoms with Gasteiger partial charge in [0.25, 0.3) is 5.92 Å². The first-order valence-corrected chi connectivity index (χ1v) is 8.57. The molecule has 140 valence electrons. The predicted octanol–water partition coefficient (Wildman–Crippen LogP) is 1.70. The van der Waals surface area contributed by atoms with Gasteiger partial charge in [-0.2, -0.15) is 0 Å². The van der Waals surface area contributed by atoms with Crippen molar-refractivity contribution >= 4 is 0 Å². The predicted molar refractivity (Wildman–Crippen MR) is 88.2 cm³/mol. The number of ether oxygens (including phenoxy) is 2. The van der Waals surface area contributed by atoms with Gasteiger partial charge < -0.3 is 19.5 Å². The summed E-state index contributed by atoms with van der Waals surface area (Å²) in [5, 5.41) is 8.87. The number of nitrogens with zero attached hydrogens (tertiary/aromatic N) is 2. The van der Waals surface area contributed by atoms with Gasteiger partial charge in [-0.25, -0.2) is 8.78 Å². The van der Waals surface area contributed by atoms with E-state index in [9.17, 15) is 8.78 Å². The highest BCUT2D eigenvalue weighted by Crippen LogP contribution is 2.14. The molecule has 1 heterocycles. The molecule has 0 spiro atoms. The normalized spacial score (nSPS) is 17.0. The molecule has 0 radical (unpaired) electrons. The van der Waals surface area contributed by atoms with Crippen molar-refractivity contribution in [2.45, 2.75) is 32.6 Å². The minimum absolute atomic E-state index is 0.213. The van der Waals surface area contributed by atoms with Crippen molar-refractivity contribution in [2.24, 2.45) is 0 Å². The second-order valence-corrected chi connectivity index (χ2v) is 5.46. The zero-order valence-electron chi connectivity index (χ0n) is 14.9. The highest BCUT2D eigenvalue weighted by molar-refractivity contribution is 4.71. The van der Waals surface area contributed by atoms with Crippen LogP contribution >= 0.6 is 0 Å². The number of β-amino-alcohol motifs (C(OH)–C–C–N with tert-alkyl or cyclic N) is 1. The summed E-state index contributed by atoms with van der Waals surface area (Å²) in [4.78, 5) is 4.62. The Kier molecular flexibility index (Phi) is 13.8. The molecule has 0 atom stereocenters. The molecule has 0 aromatic heterocycles. The van der Waals surface area contributed by atoms with Crippen molar-refractivity contribution < 1.29 is 23.4 Å². The summed E-state index contributed by atoms with van der Waals surface area (Å²) in [7, 11) is 1.26. The van der Waals surface area contributed by atoms with Crippen LogP contribution in [0, 0.1) is 0 Å². The van der Waals surface area contributed by atoms with Crippen LogP contribution in [0.2, 0.25) is 0 Å². The number of aliphatic hydroxyl groups is 1. The van der Waals surface area contributed by atoms with E-state index in [1.807, 2.05) is 13.8 Å². The molecule has 1 saturated heterocycles. The lowest BCUT2D eigenvalue weighted by Crippen LogP contribution is -2.47. The lowest BCUT2D eigenvalue weighted by Gasteiger charge is -2.34. The standard InChI is InChI=1S/C14H28F2N2O3.C2H6/c1-20-12-14(15,16)13-21-11-3-2-4-17-5-7-18(8-6-17)9-10-19;1-2/h19H,2-13H2,1H3;1-2H3. The maximum Gasteiger partial charge on any atom is 0.293 e. The quantitative estimate of drug-likeness (QED) is 0.580. The molecule has 1 fully saturated rings. The van der Waals surface area contributed by atoms with Crippen molar-refractivity contribution in [3.05, 3.63) is 0 Å². The van der Waals surface area contributed by atoms with Crippen LogP contribution in [0.4, 0.5) is 8.78 Å². The number of methoxy groups -OCH3 is 1. The van der Waals surface area contributed by atoms with Crippen LogP contribution in [0.3, 0.4) is 0 Å². The molecule has 1 aliphatic heterocycles. The Morgan fingerprint density at radius 2 is 1.52 bits per heavy atom. The van der Waals surface area contributed by atoms with Gasteiger partial charge in [0.1, 0.15) is 13.2 Å². The number of piperazine rings is 1. The average Bonchev–Trinajstić information content (AvgIpc) is 2.54. The SMILES string of the molecule is CC.COCC(F)(F)COCCCCN1CCN(CCO)CC1. The van der Waals surface area contributed by atoms with Crippen LogP contribution in [-0.4, -0.2) is 93.6 Å². The van der Waals surface area contributed by atoms with Gasteiger partial charge in [0.05, 0.1) is 6.61 Å². The number of rotatable bonds is 11. The maximum atomic E-state index is 13.0. The zero-order chi connectivity index (χ0) is 17.6. The van der Waals surface area contributed by atoms with Gasteiger partial charge in [-0.15, -0.1) is 0 Å². The van der Waals surface area contributed by atoms with Crippen LogP contribution in [-0.2, 0) is 9.47 Å². The van der Waals surface area contributed by atoms with Crippen LogP contribution in [0.5, 0.6) is 0 Å². The van der Waals surface area contributed by atoms with Gasteiger partial charge in [0.2, 0.25) is 0 Å². The number of hydrogen-bond donors (Lipinski definition) is 1. The van der Waals surface area contributed by atoms with Gasteiger partial charge >= 0.3 is 0 Å². The van der Waals surface area contributed by atoms with E-state index >= 15 is 0 Å². The molecule has 0 unspecified atom stereocenters. The third-order valence-corrected chi connectivity index (χ3v) is 3.56. The molecular formula is C16H34F2N2O3. The minimum Gasteiger partial charge on any atom is -0.395 e. The molecule has 23 heavy (non-hydrogen) atoms. The Balaban J connectivity index is 0.00000232. The van der Waals surface area contributed by atoms with Gasteiger partial charge in [-0.1, -0.05) is 13.8 Å². The first-order valence-electron chi connectivity index (χ1n) is 8.57. The van der Waals surface area contributed by atoms with Crippen molar-refractivity contribution in [3.63, 3.8) is 0 Å². The summed E-state index contributed by atoms with van der Waals surface area (Å²) < 4.78 is 35.5. The summed E-state index contributed by atoms with van der Waals surface area (Å²) in [6.45, 7) is 9.13. The Morgan fingerprint density at radius 3 is 2.04 bits per heavy atom. The summed E-state index contributed by atoms with van der Waals surface area (Å²) in [6, 6.07) is 0. The lowest BCUT2D eigenvalue weighted by molar-refractivity contribution is -0.116. The third-order valence-electron chi connectivity index (χ3n) is 3.56. The van der Waals surface area contributed by atoms with E-state index < -0.39 is 19.1 Å². The third kappa shape index (κ3) is 11.8. The summed E-state index contributed by atoms with van der Waals surface area (Å²) in [5.74, 6) is -2.89. The molecule has 1 aliphatic rings. The molecule has 0 bridgehead atoms. The average molecular weight is 340 g/mol. The smallest absolute Gasteiger partial charge is 0.293 e. The first kappa shape index (κ1) is 22.7. The Hall–Kier alpha value is -0.340. The fourth-order valence-electron chi connectivity index (χ4n) is 2.39. The topological polar surface area (TPSA) is 45.2 Å². The fourth-order valence-corrected chi connectivity index (χ4v) is 2.39. The second-order valence-electron chi connectivity index (χ2n) is 5.46. The number of unbranched alkanes of at least 4 members (excludes halogenated alkanes) is 1. The maximum absolute atomic E-state index is 13.0. The summed E-state index contributed by atoms with van der Waals surface area (Å²) in [6.07, 6.45) is 1.75. The highest BCUT2D eigenvalue weighted by atomic mass is 19.3. The lowest BCUT2D eigenvalue weighted by atomic mass is 10.2. The van der Waals surface area contributed by atoms with Gasteiger partial charge in [0.15, 0.2) is 0 Å². The Morgan fingerprint density at radius 1 is 0.957 bits per heavy atom. The van der Waals surface area contributed by atoms with Gasteiger partial charge in [-0.05, 0) is 19.4 Å². The van der Waals surface area contributed by atoms with Crippen LogP contribution in [0.1, 0.15) is 26.7 Å². The highest BCUT2D eigenvalue weighted by Gasteiger charge is 2.28. The van der Waals surface area contributed by atoms with Crippen LogP contribution in [0.25, 0.3) is 0 Å². The summed E-state index contributed by atoms with van der Waals surface area (Å²) >= 11 is 0. The molecule has 0 saturated carbocycles. The first-order chi connectivity index (χ1) is 11.1. The molecule has 1 rings (SSSR count). The number of hydrogen-bond acceptors (Lipinski definition) is 5. The fraction of sp³-hybridized carbons (Fsp3) is 1.00. The van der Waals surface area contributed by atoms with E-state index in [4.69, 9.17) is 9.84 Å². The van der Waals surface area contributed by atoms with E-state index in [0.29, 0.717) is 6.61 Å². The molecule has 0 aliphatic carbocycles. The summed E-state index contributed by atoms with van der Waals surface area (Å²) in [5.41, 5.74) is 0. The number of alkyl halides is 2. The van der Waals surface area contributed by atoms with E-state index in [1.165, 1.54) is 7.11 Å². The largest absolute Gasteiger partial charge is 0.395 e. The molecule has 0 aromatic carbocycles. The number of aliphatic hydroxyl groups excluding tert-OH is 1. The Labute approximate surface area is 139 Å². The van der Waals surface area contributed by atoms with E-state index in [-0.39, 0.29) is 6.61 Å². The monoisotopic (exact) mass is 340 g/mol. The van der Waals surface area contributed by atoms with Crippen LogP contribution in [0.15, 0.2) is 0 Å². The number of halogens is 2. The minimum atomic E-state index is -2.89. The molecule has 0 amide bonds. The Bertz CT molecular complexity index is 264. The van der Waals surface area contributed by atoms with Crippen molar-refractivity contribution in [1.29, 1.82) is 0 Å². The zero-order valence-corrected chi connectivity index (χ0v) is 14.9. The molecule has 5 nitrogen and oxygen atoms in total. The van der Waals surface area contributed by atoms with E-state index in [1.54, 1.807) is 0 Å². The molecule has 0 aromatic rings. The van der Waals surface area contributed by atoms with Crippen molar-refractivity contribution in [1.82, 2.24) is 9.80 Å². The van der Waals surface area contributed by atoms with E-state index in [0.717, 1.165) is 52.1 Å². The molecular weight excluding hydrogens is 306 g/mol. The van der Waals surface area contributed by atoms with Crippen molar-refractivity contribution in [3.8, 4) is 0 Å². The molecule has 7 heteroatoms. The second kappa shape index (κ2) is 14.0. The van der Waals surface area contributed by atoms with Gasteiger partial charge in [0, 0.05) is 46.4 Å². The van der Waals surface area contributed by atoms with Crippen LogP contribution < -0.4 is 0 Å².